The summed E-state index contributed by atoms with van der Waals surface area (Å²) in [6.45, 7) is 8.81. The molecule has 1 atom stereocenters. The molecule has 0 bridgehead atoms. The summed E-state index contributed by atoms with van der Waals surface area (Å²) in [5.41, 5.74) is 0. The van der Waals surface area contributed by atoms with Crippen LogP contribution in [0.1, 0.15) is 32.6 Å². The highest BCUT2D eigenvalue weighted by Crippen LogP contribution is 2.14. The number of likely N-dealkylation sites (tertiary alicyclic amines) is 1. The van der Waals surface area contributed by atoms with E-state index in [0.29, 0.717) is 5.91 Å². The van der Waals surface area contributed by atoms with Crippen LogP contribution in [-0.4, -0.2) is 84.2 Å². The molecular formula is C15H29N3O2. The summed E-state index contributed by atoms with van der Waals surface area (Å²) in [6.07, 6.45) is 4.65. The van der Waals surface area contributed by atoms with Crippen LogP contribution in [-0.2, 0) is 4.79 Å². The molecule has 5 heteroatoms. The lowest BCUT2D eigenvalue weighted by atomic mass is 10.1. The normalized spacial score (nSPS) is 24.4. The highest BCUT2D eigenvalue weighted by molar-refractivity contribution is 5.81. The van der Waals surface area contributed by atoms with Gasteiger partial charge in [0.15, 0.2) is 0 Å². The molecule has 2 fully saturated rings. The van der Waals surface area contributed by atoms with Crippen LogP contribution >= 0.6 is 0 Å². The minimum Gasteiger partial charge on any atom is -0.395 e. The molecule has 0 aliphatic carbocycles. The van der Waals surface area contributed by atoms with E-state index in [2.05, 4.69) is 16.7 Å². The summed E-state index contributed by atoms with van der Waals surface area (Å²) in [6, 6.07) is 0.00202. The summed E-state index contributed by atoms with van der Waals surface area (Å²) in [5.74, 6) is 0.306. The number of carbonyl (C=O) groups excluding carboxylic acids is 1. The third kappa shape index (κ3) is 4.17. The third-order valence-electron chi connectivity index (χ3n) is 4.61. The Bertz CT molecular complexity index is 305. The van der Waals surface area contributed by atoms with E-state index in [1.807, 2.05) is 4.90 Å². The van der Waals surface area contributed by atoms with Crippen molar-refractivity contribution in [2.24, 2.45) is 0 Å². The van der Waals surface area contributed by atoms with Gasteiger partial charge in [-0.1, -0.05) is 0 Å². The fourth-order valence-corrected chi connectivity index (χ4v) is 3.28. The first-order valence-corrected chi connectivity index (χ1v) is 8.08. The fraction of sp³-hybridized carbons (Fsp3) is 0.933. The number of hydrogen-bond donors (Lipinski definition) is 1. The maximum Gasteiger partial charge on any atom is 0.239 e. The van der Waals surface area contributed by atoms with Crippen LogP contribution in [0, 0.1) is 0 Å². The molecule has 0 saturated carbocycles. The lowest BCUT2D eigenvalue weighted by Crippen LogP contribution is -2.49. The predicted octanol–water partition coefficient (Wildman–Crippen LogP) is 0.387. The average molecular weight is 283 g/mol. The average Bonchev–Trinajstić information content (AvgIpc) is 2.73. The first kappa shape index (κ1) is 15.7. The minimum absolute atomic E-state index is 0.00202. The summed E-state index contributed by atoms with van der Waals surface area (Å²) >= 11 is 0. The van der Waals surface area contributed by atoms with Gasteiger partial charge in [-0.15, -0.1) is 0 Å². The second-order valence-electron chi connectivity index (χ2n) is 6.02. The van der Waals surface area contributed by atoms with E-state index in [4.69, 9.17) is 5.11 Å². The zero-order valence-corrected chi connectivity index (χ0v) is 12.8. The number of aliphatic hydroxyl groups is 1. The standard InChI is InChI=1S/C15H29N3O2/c1-14(15(20)18-7-3-2-4-8-18)17-9-5-6-16(10-11-17)12-13-19/h14,19H,2-13H2,1H3. The molecule has 0 radical (unpaired) electrons. The number of piperidine rings is 1. The van der Waals surface area contributed by atoms with Gasteiger partial charge in [0.25, 0.3) is 0 Å². The van der Waals surface area contributed by atoms with Crippen LogP contribution < -0.4 is 0 Å². The molecular weight excluding hydrogens is 254 g/mol. The first-order chi connectivity index (χ1) is 9.72. The number of carbonyl (C=O) groups is 1. The van der Waals surface area contributed by atoms with E-state index in [0.717, 1.165) is 65.1 Å². The van der Waals surface area contributed by atoms with Gasteiger partial charge in [-0.05, 0) is 39.2 Å². The van der Waals surface area contributed by atoms with Gasteiger partial charge < -0.3 is 10.0 Å². The van der Waals surface area contributed by atoms with Gasteiger partial charge in [0.05, 0.1) is 12.6 Å². The second-order valence-corrected chi connectivity index (χ2v) is 6.02. The Balaban J connectivity index is 1.84. The summed E-state index contributed by atoms with van der Waals surface area (Å²) in [7, 11) is 0. The fourth-order valence-electron chi connectivity index (χ4n) is 3.28. The summed E-state index contributed by atoms with van der Waals surface area (Å²) < 4.78 is 0. The SMILES string of the molecule is CC(C(=O)N1CCCCC1)N1CCCN(CCO)CC1. The van der Waals surface area contributed by atoms with Gasteiger partial charge >= 0.3 is 0 Å². The molecule has 2 rings (SSSR count). The Hall–Kier alpha value is -0.650. The number of rotatable bonds is 4. The van der Waals surface area contributed by atoms with E-state index in [1.165, 1.54) is 6.42 Å². The Morgan fingerprint density at radius 2 is 1.75 bits per heavy atom. The topological polar surface area (TPSA) is 47.0 Å². The maximum atomic E-state index is 12.5. The van der Waals surface area contributed by atoms with Crippen LogP contribution in [0.15, 0.2) is 0 Å². The summed E-state index contributed by atoms with van der Waals surface area (Å²) in [4.78, 5) is 19.2. The van der Waals surface area contributed by atoms with Gasteiger partial charge in [0, 0.05) is 39.3 Å². The van der Waals surface area contributed by atoms with E-state index in [-0.39, 0.29) is 12.6 Å². The molecule has 116 valence electrons. The monoisotopic (exact) mass is 283 g/mol. The van der Waals surface area contributed by atoms with Crippen molar-refractivity contribution >= 4 is 5.91 Å². The smallest absolute Gasteiger partial charge is 0.239 e. The van der Waals surface area contributed by atoms with Crippen molar-refractivity contribution < 1.29 is 9.90 Å². The molecule has 0 aromatic rings. The Kier molecular flexibility index (Phi) is 6.26. The Morgan fingerprint density at radius 3 is 2.45 bits per heavy atom. The lowest BCUT2D eigenvalue weighted by Gasteiger charge is -2.34. The Labute approximate surface area is 122 Å². The number of hydrogen-bond acceptors (Lipinski definition) is 4. The van der Waals surface area contributed by atoms with Crippen LogP contribution in [0.25, 0.3) is 0 Å². The first-order valence-electron chi connectivity index (χ1n) is 8.08. The molecule has 2 saturated heterocycles. The number of nitrogens with zero attached hydrogens (tertiary/aromatic N) is 3. The van der Waals surface area contributed by atoms with Gasteiger partial charge in [-0.3, -0.25) is 14.6 Å². The van der Waals surface area contributed by atoms with Crippen molar-refractivity contribution in [3.8, 4) is 0 Å². The highest BCUT2D eigenvalue weighted by atomic mass is 16.3. The summed E-state index contributed by atoms with van der Waals surface area (Å²) in [5, 5.41) is 9.03. The molecule has 1 N–H and O–H groups in total. The second kappa shape index (κ2) is 7.96. The highest BCUT2D eigenvalue weighted by Gasteiger charge is 2.28. The van der Waals surface area contributed by atoms with Crippen molar-refractivity contribution in [2.45, 2.75) is 38.6 Å². The minimum atomic E-state index is 0.00202. The molecule has 1 unspecified atom stereocenters. The van der Waals surface area contributed by atoms with Gasteiger partial charge in [-0.2, -0.15) is 0 Å². The maximum absolute atomic E-state index is 12.5. The molecule has 5 nitrogen and oxygen atoms in total. The number of amides is 1. The van der Waals surface area contributed by atoms with E-state index in [1.54, 1.807) is 0 Å². The van der Waals surface area contributed by atoms with Crippen LogP contribution in [0.5, 0.6) is 0 Å². The zero-order valence-electron chi connectivity index (χ0n) is 12.8. The van der Waals surface area contributed by atoms with Gasteiger partial charge in [0.2, 0.25) is 5.91 Å². The molecule has 2 aliphatic rings. The largest absolute Gasteiger partial charge is 0.395 e. The zero-order chi connectivity index (χ0) is 14.4. The van der Waals surface area contributed by atoms with E-state index in [9.17, 15) is 4.79 Å². The number of aliphatic hydroxyl groups excluding tert-OH is 1. The van der Waals surface area contributed by atoms with Gasteiger partial charge in [0.1, 0.15) is 0 Å². The molecule has 1 amide bonds. The van der Waals surface area contributed by atoms with Crippen molar-refractivity contribution in [1.82, 2.24) is 14.7 Å². The van der Waals surface area contributed by atoms with E-state index >= 15 is 0 Å². The van der Waals surface area contributed by atoms with Crippen LogP contribution in [0.4, 0.5) is 0 Å². The van der Waals surface area contributed by atoms with Crippen molar-refractivity contribution in [3.63, 3.8) is 0 Å². The lowest BCUT2D eigenvalue weighted by molar-refractivity contribution is -0.137. The van der Waals surface area contributed by atoms with Gasteiger partial charge in [-0.25, -0.2) is 0 Å². The van der Waals surface area contributed by atoms with Crippen molar-refractivity contribution in [3.05, 3.63) is 0 Å². The van der Waals surface area contributed by atoms with E-state index < -0.39 is 0 Å². The third-order valence-corrected chi connectivity index (χ3v) is 4.61. The Morgan fingerprint density at radius 1 is 1.00 bits per heavy atom. The van der Waals surface area contributed by atoms with Crippen LogP contribution in [0.2, 0.25) is 0 Å². The van der Waals surface area contributed by atoms with Crippen LogP contribution in [0.3, 0.4) is 0 Å². The van der Waals surface area contributed by atoms with Crippen molar-refractivity contribution in [1.29, 1.82) is 0 Å². The number of β-amino-alcohol motifs (C(OH)–C–C–N with tert-alkyl or cyclic N) is 1. The molecule has 0 spiro atoms. The quantitative estimate of drug-likeness (QED) is 0.811. The predicted molar refractivity (Wildman–Crippen MR) is 79.6 cm³/mol. The van der Waals surface area contributed by atoms with Crippen molar-refractivity contribution in [2.75, 3.05) is 52.4 Å². The molecule has 0 aromatic heterocycles. The molecule has 20 heavy (non-hydrogen) atoms. The molecule has 2 heterocycles. The molecule has 0 aromatic carbocycles. The molecule has 2 aliphatic heterocycles.